The summed E-state index contributed by atoms with van der Waals surface area (Å²) < 4.78 is 0.908. The van der Waals surface area contributed by atoms with Gasteiger partial charge in [0, 0.05) is 16.9 Å². The van der Waals surface area contributed by atoms with Crippen LogP contribution in [0.1, 0.15) is 11.1 Å². The van der Waals surface area contributed by atoms with Crippen LogP contribution in [0.5, 0.6) is 0 Å². The van der Waals surface area contributed by atoms with Gasteiger partial charge in [-0.05, 0) is 58.4 Å². The SMILES string of the molecule is Cc1ccnc(Sc2ccc(Br)cn2)c1/C(N)=N/O. The van der Waals surface area contributed by atoms with Crippen LogP contribution in [-0.4, -0.2) is 21.0 Å². The van der Waals surface area contributed by atoms with Crippen molar-refractivity contribution in [1.82, 2.24) is 9.97 Å². The summed E-state index contributed by atoms with van der Waals surface area (Å²) in [6.45, 7) is 1.88. The molecule has 5 nitrogen and oxygen atoms in total. The Labute approximate surface area is 123 Å². The van der Waals surface area contributed by atoms with E-state index >= 15 is 0 Å². The van der Waals surface area contributed by atoms with Crippen molar-refractivity contribution in [3.63, 3.8) is 0 Å². The first kappa shape index (κ1) is 13.8. The van der Waals surface area contributed by atoms with Gasteiger partial charge in [-0.3, -0.25) is 0 Å². The van der Waals surface area contributed by atoms with Gasteiger partial charge >= 0.3 is 0 Å². The molecule has 2 heterocycles. The molecule has 0 atom stereocenters. The second-order valence-corrected chi connectivity index (χ2v) is 5.63. The highest BCUT2D eigenvalue weighted by atomic mass is 79.9. The van der Waals surface area contributed by atoms with Crippen molar-refractivity contribution in [2.45, 2.75) is 17.0 Å². The molecule has 2 aromatic heterocycles. The van der Waals surface area contributed by atoms with Crippen LogP contribution in [0.15, 0.2) is 50.3 Å². The van der Waals surface area contributed by atoms with E-state index in [0.717, 1.165) is 15.1 Å². The van der Waals surface area contributed by atoms with Gasteiger partial charge in [0.15, 0.2) is 5.84 Å². The van der Waals surface area contributed by atoms with E-state index in [2.05, 4.69) is 31.1 Å². The van der Waals surface area contributed by atoms with E-state index < -0.39 is 0 Å². The molecule has 0 aromatic carbocycles. The van der Waals surface area contributed by atoms with Gasteiger partial charge in [0.2, 0.25) is 0 Å². The Balaban J connectivity index is 2.40. The molecule has 98 valence electrons. The fourth-order valence-electron chi connectivity index (χ4n) is 1.49. The lowest BCUT2D eigenvalue weighted by Crippen LogP contribution is -2.16. The van der Waals surface area contributed by atoms with E-state index in [9.17, 15) is 0 Å². The monoisotopic (exact) mass is 338 g/mol. The Morgan fingerprint density at radius 3 is 2.79 bits per heavy atom. The molecule has 2 aromatic rings. The third-order valence-corrected chi connectivity index (χ3v) is 3.81. The Morgan fingerprint density at radius 2 is 2.16 bits per heavy atom. The number of nitrogens with two attached hydrogens (primary N) is 1. The molecule has 0 spiro atoms. The minimum absolute atomic E-state index is 0.0465. The van der Waals surface area contributed by atoms with Crippen molar-refractivity contribution in [3.8, 4) is 0 Å². The predicted octanol–water partition coefficient (Wildman–Crippen LogP) is 2.79. The van der Waals surface area contributed by atoms with Crippen molar-refractivity contribution in [2.24, 2.45) is 10.9 Å². The number of hydrogen-bond donors (Lipinski definition) is 2. The van der Waals surface area contributed by atoms with Crippen LogP contribution >= 0.6 is 27.7 Å². The van der Waals surface area contributed by atoms with Gasteiger partial charge < -0.3 is 10.9 Å². The summed E-state index contributed by atoms with van der Waals surface area (Å²) in [4.78, 5) is 8.53. The standard InChI is InChI=1S/C12H11BrN4OS/c1-7-4-5-15-12(10(7)11(14)17-18)19-9-3-2-8(13)6-16-9/h2-6,18H,1H3,(H2,14,17). The molecule has 0 aliphatic heterocycles. The van der Waals surface area contributed by atoms with Gasteiger partial charge in [-0.15, -0.1) is 0 Å². The molecule has 19 heavy (non-hydrogen) atoms. The number of nitrogens with zero attached hydrogens (tertiary/aromatic N) is 3. The highest BCUT2D eigenvalue weighted by molar-refractivity contribution is 9.10. The van der Waals surface area contributed by atoms with Gasteiger partial charge in [0.05, 0.1) is 5.56 Å². The van der Waals surface area contributed by atoms with Crippen molar-refractivity contribution >= 4 is 33.5 Å². The zero-order chi connectivity index (χ0) is 13.8. The number of hydrogen-bond acceptors (Lipinski definition) is 5. The van der Waals surface area contributed by atoms with E-state index in [0.29, 0.717) is 10.6 Å². The third kappa shape index (κ3) is 3.24. The molecule has 0 fully saturated rings. The fourth-order valence-corrected chi connectivity index (χ4v) is 2.65. The molecule has 0 aliphatic rings. The van der Waals surface area contributed by atoms with Crippen LogP contribution in [-0.2, 0) is 0 Å². The topological polar surface area (TPSA) is 84.4 Å². The molecule has 0 unspecified atom stereocenters. The van der Waals surface area contributed by atoms with E-state index in [4.69, 9.17) is 10.9 Å². The predicted molar refractivity (Wildman–Crippen MR) is 77.5 cm³/mol. The van der Waals surface area contributed by atoms with Crippen LogP contribution in [0.25, 0.3) is 0 Å². The summed E-state index contributed by atoms with van der Waals surface area (Å²) in [5.41, 5.74) is 7.21. The maximum atomic E-state index is 8.84. The molecule has 0 bridgehead atoms. The number of halogens is 1. The van der Waals surface area contributed by atoms with Gasteiger partial charge in [0.1, 0.15) is 10.1 Å². The van der Waals surface area contributed by atoms with Crippen molar-refractivity contribution < 1.29 is 5.21 Å². The lowest BCUT2D eigenvalue weighted by Gasteiger charge is -2.09. The molecule has 2 rings (SSSR count). The smallest absolute Gasteiger partial charge is 0.173 e. The zero-order valence-corrected chi connectivity index (χ0v) is 12.4. The first-order valence-corrected chi connectivity index (χ1v) is 6.95. The summed E-state index contributed by atoms with van der Waals surface area (Å²) in [5.74, 6) is 0.0465. The van der Waals surface area contributed by atoms with Crippen LogP contribution in [0.4, 0.5) is 0 Å². The molecule has 7 heteroatoms. The van der Waals surface area contributed by atoms with Crippen molar-refractivity contribution in [3.05, 3.63) is 46.2 Å². The number of aryl methyl sites for hydroxylation is 1. The second kappa shape index (κ2) is 6.03. The molecule has 0 saturated carbocycles. The van der Waals surface area contributed by atoms with E-state index in [1.165, 1.54) is 11.8 Å². The molecule has 0 amide bonds. The Hall–Kier alpha value is -1.60. The van der Waals surface area contributed by atoms with Crippen molar-refractivity contribution in [1.29, 1.82) is 0 Å². The summed E-state index contributed by atoms with van der Waals surface area (Å²) in [6, 6.07) is 5.58. The Kier molecular flexibility index (Phi) is 4.39. The maximum Gasteiger partial charge on any atom is 0.173 e. The fraction of sp³-hybridized carbons (Fsp3) is 0.0833. The number of rotatable bonds is 3. The number of pyridine rings is 2. The maximum absolute atomic E-state index is 8.84. The summed E-state index contributed by atoms with van der Waals surface area (Å²) >= 11 is 4.70. The average molecular weight is 339 g/mol. The van der Waals surface area contributed by atoms with Gasteiger partial charge in [-0.25, -0.2) is 9.97 Å². The Morgan fingerprint density at radius 1 is 1.37 bits per heavy atom. The molecule has 0 radical (unpaired) electrons. The van der Waals surface area contributed by atoms with E-state index in [1.807, 2.05) is 25.1 Å². The van der Waals surface area contributed by atoms with Crippen molar-refractivity contribution in [2.75, 3.05) is 0 Å². The lowest BCUT2D eigenvalue weighted by atomic mass is 10.1. The third-order valence-electron chi connectivity index (χ3n) is 2.39. The average Bonchev–Trinajstić information content (AvgIpc) is 2.41. The number of oxime groups is 1. The van der Waals surface area contributed by atoms with Gasteiger partial charge in [-0.2, -0.15) is 0 Å². The first-order valence-electron chi connectivity index (χ1n) is 5.34. The summed E-state index contributed by atoms with van der Waals surface area (Å²) in [5, 5.41) is 13.3. The normalized spacial score (nSPS) is 11.6. The van der Waals surface area contributed by atoms with E-state index in [-0.39, 0.29) is 5.84 Å². The quantitative estimate of drug-likeness (QED) is 0.389. The van der Waals surface area contributed by atoms with Gasteiger partial charge in [0.25, 0.3) is 0 Å². The van der Waals surface area contributed by atoms with Crippen LogP contribution in [0, 0.1) is 6.92 Å². The van der Waals surface area contributed by atoms with Crippen LogP contribution in [0.3, 0.4) is 0 Å². The highest BCUT2D eigenvalue weighted by Gasteiger charge is 2.13. The number of amidine groups is 1. The van der Waals surface area contributed by atoms with Crippen LogP contribution in [0.2, 0.25) is 0 Å². The second-order valence-electron chi connectivity index (χ2n) is 3.71. The largest absolute Gasteiger partial charge is 0.409 e. The zero-order valence-electron chi connectivity index (χ0n) is 10.0. The summed E-state index contributed by atoms with van der Waals surface area (Å²) in [6.07, 6.45) is 3.39. The molecular weight excluding hydrogens is 328 g/mol. The Bertz CT molecular complexity index is 616. The first-order chi connectivity index (χ1) is 9.11. The van der Waals surface area contributed by atoms with E-state index in [1.54, 1.807) is 12.4 Å². The molecular formula is C12H11BrN4OS. The minimum Gasteiger partial charge on any atom is -0.409 e. The molecule has 0 saturated heterocycles. The highest BCUT2D eigenvalue weighted by Crippen LogP contribution is 2.29. The van der Waals surface area contributed by atoms with Crippen LogP contribution < -0.4 is 5.73 Å². The minimum atomic E-state index is 0.0465. The van der Waals surface area contributed by atoms with Gasteiger partial charge in [-0.1, -0.05) is 5.16 Å². The molecule has 0 aliphatic carbocycles. The lowest BCUT2D eigenvalue weighted by molar-refractivity contribution is 0.318. The molecule has 3 N–H and O–H groups in total. The number of aromatic nitrogens is 2. The summed E-state index contributed by atoms with van der Waals surface area (Å²) in [7, 11) is 0.